The summed E-state index contributed by atoms with van der Waals surface area (Å²) in [6.07, 6.45) is 22.0. The summed E-state index contributed by atoms with van der Waals surface area (Å²) in [6, 6.07) is 45.3. The Kier molecular flexibility index (Phi) is 56.7. The van der Waals surface area contributed by atoms with Crippen LogP contribution in [-0.4, -0.2) is 78.0 Å². The Hall–Kier alpha value is -11.3. The minimum atomic E-state index is -0.250. The summed E-state index contributed by atoms with van der Waals surface area (Å²) in [5.41, 5.74) is 26.0. The number of hydrogen-bond donors (Lipinski definition) is 4. The van der Waals surface area contributed by atoms with Gasteiger partial charge in [-0.15, -0.1) is 0 Å². The fourth-order valence-corrected chi connectivity index (χ4v) is 8.25. The van der Waals surface area contributed by atoms with Gasteiger partial charge in [-0.1, -0.05) is 233 Å². The Morgan fingerprint density at radius 3 is 1.18 bits per heavy atom. The molecule has 1 amide bonds. The molecule has 0 spiro atoms. The van der Waals surface area contributed by atoms with E-state index in [1.165, 1.54) is 18.6 Å². The molecule has 0 aliphatic carbocycles. The second-order valence-corrected chi connectivity index (χ2v) is 18.6. The molecule has 15 heteroatoms. The molecule has 0 aliphatic rings. The van der Waals surface area contributed by atoms with Crippen molar-refractivity contribution in [2.24, 2.45) is 17.2 Å². The molecule has 0 saturated carbocycles. The van der Waals surface area contributed by atoms with E-state index in [-0.39, 0.29) is 34.0 Å². The van der Waals surface area contributed by atoms with Crippen LogP contribution in [0.5, 0.6) is 0 Å². The minimum absolute atomic E-state index is 0. The molecule has 15 nitrogen and oxygen atoms in total. The Labute approximate surface area is 611 Å². The van der Waals surface area contributed by atoms with Crippen LogP contribution < -0.4 is 22.5 Å². The molecule has 544 valence electrons. The van der Waals surface area contributed by atoms with Crippen LogP contribution in [-0.2, 0) is 25.8 Å². The van der Waals surface area contributed by atoms with E-state index in [2.05, 4.69) is 65.3 Å². The van der Waals surface area contributed by atoms with Crippen LogP contribution in [0.4, 0.5) is 0 Å². The molecular formula is C86H121N11O4. The third-order valence-electron chi connectivity index (χ3n) is 12.2. The highest BCUT2D eigenvalue weighted by Gasteiger charge is 2.14. The van der Waals surface area contributed by atoms with Crippen LogP contribution in [0, 0.1) is 35.5 Å². The van der Waals surface area contributed by atoms with Gasteiger partial charge in [-0.05, 0) is 104 Å². The smallest absolute Gasteiger partial charge is 0.271 e. The van der Waals surface area contributed by atoms with E-state index < -0.39 is 0 Å². The Bertz CT molecular complexity index is 4020. The number of imidazole rings is 3. The van der Waals surface area contributed by atoms with Gasteiger partial charge in [0.2, 0.25) is 0 Å². The molecule has 3 aromatic heterocycles. The number of Topliss-reactive ketones (excluding diaryl/α,β-unsaturated/α-hetero) is 3. The SMILES string of the molecule is CC.CC.CC.CC.CC.CC.CC.CC.CC.CN(C)Cc1nccn1-c1cccc(CC(=O)c2cccc(C#C/C=C/N)c2)c1.CNC(=O)c1cn(-c2cccc(CC(=O)c3cccc(C#C/C=C/N)c3)c2)cn1.N/C=C/C#Cc1cccc(C(=O)Cc2cccc(-n3ccnc3)c2)c1.[3HH].[3HH].[3HH]. The monoisotopic (exact) mass is 1380 g/mol. The van der Waals surface area contributed by atoms with Gasteiger partial charge in [-0.3, -0.25) is 19.2 Å². The first-order valence-electron chi connectivity index (χ1n) is 35.2. The molecule has 7 N–H and O–H groups in total. The molecule has 3 heterocycles. The second kappa shape index (κ2) is 61.1. The van der Waals surface area contributed by atoms with Crippen LogP contribution in [0.3, 0.4) is 0 Å². The van der Waals surface area contributed by atoms with Crippen molar-refractivity contribution in [3.8, 4) is 52.6 Å². The number of ketones is 3. The lowest BCUT2D eigenvalue weighted by Crippen LogP contribution is -2.17. The molecule has 9 rings (SSSR count). The first kappa shape index (κ1) is 93.9. The average molecular weight is 1380 g/mol. The molecule has 0 saturated heterocycles. The van der Waals surface area contributed by atoms with Crippen molar-refractivity contribution in [2.45, 2.75) is 150 Å². The molecule has 6 aromatic carbocycles. The first-order valence-corrected chi connectivity index (χ1v) is 35.2. The predicted molar refractivity (Wildman–Crippen MR) is 434 cm³/mol. The number of amides is 1. The summed E-state index contributed by atoms with van der Waals surface area (Å²) in [6.45, 7) is 36.7. The summed E-state index contributed by atoms with van der Waals surface area (Å²) >= 11 is 0. The zero-order valence-corrected chi connectivity index (χ0v) is 64.2. The molecule has 101 heavy (non-hydrogen) atoms. The van der Waals surface area contributed by atoms with Gasteiger partial charge in [0.25, 0.3) is 5.91 Å². The van der Waals surface area contributed by atoms with Crippen LogP contribution >= 0.6 is 0 Å². The number of nitrogens with one attached hydrogen (secondary N) is 1. The lowest BCUT2D eigenvalue weighted by molar-refractivity contribution is 0.0955. The standard InChI is InChI=1S/C24H24N4O.C23H20N4O2.C21H17N3O.9C2H6.3H2/c1-27(2)18-24-26-13-14-28(24)22-11-6-9-20(16-22)17-23(29)21-10-5-8-19(15-21)7-3-4-12-25;1-25-23(29)21-15-27(16-26-21)20-10-5-8-18(13-20)14-22(28)19-9-4-7-17(12-19)6-2-3-11-24;22-10-2-1-5-17-6-3-8-19(13-17)21(25)15-18-7-4-9-20(14-18)24-12-11-23-16-24;9*1-2;;;/h4-6,8-16H,17-18,25H2,1-2H3;3-5,7-13,15-16H,14,24H2,1H3,(H,25,29);2-4,6-14,16H,15,22H2;9*1-2H3;3*1H/b12-4+;11-3+;10-2+;;;;;;;;;;;;/i;;;;;;;;;;;;3*1+2. The lowest BCUT2D eigenvalue weighted by Gasteiger charge is -2.13. The average Bonchev–Trinajstić information content (AvgIpc) is 1.64. The van der Waals surface area contributed by atoms with Gasteiger partial charge in [0.1, 0.15) is 17.8 Å². The van der Waals surface area contributed by atoms with Gasteiger partial charge < -0.3 is 41.1 Å². The van der Waals surface area contributed by atoms with Crippen molar-refractivity contribution in [2.75, 3.05) is 21.1 Å². The maximum absolute atomic E-state index is 12.8. The van der Waals surface area contributed by atoms with Gasteiger partial charge in [-0.2, -0.15) is 0 Å². The quantitative estimate of drug-likeness (QED) is 0.0559. The first-order chi connectivity index (χ1) is 49.4. The van der Waals surface area contributed by atoms with Crippen molar-refractivity contribution in [1.29, 1.82) is 0 Å². The van der Waals surface area contributed by atoms with Crippen molar-refractivity contribution in [3.63, 3.8) is 0 Å². The van der Waals surface area contributed by atoms with Gasteiger partial charge >= 0.3 is 0 Å². The zero-order chi connectivity index (χ0) is 76.8. The van der Waals surface area contributed by atoms with Gasteiger partial charge in [0.15, 0.2) is 17.3 Å². The molecule has 0 atom stereocenters. The van der Waals surface area contributed by atoms with Crippen LogP contribution in [0.2, 0.25) is 0 Å². The molecule has 0 fully saturated rings. The Morgan fingerprint density at radius 1 is 0.455 bits per heavy atom. The maximum atomic E-state index is 12.8. The lowest BCUT2D eigenvalue weighted by atomic mass is 10.0. The maximum Gasteiger partial charge on any atom is 0.271 e. The number of nitrogens with zero attached hydrogens (tertiary/aromatic N) is 7. The van der Waals surface area contributed by atoms with Crippen molar-refractivity contribution in [1.82, 2.24) is 38.9 Å². The van der Waals surface area contributed by atoms with Gasteiger partial charge in [-0.25, -0.2) is 15.0 Å². The topological polar surface area (TPSA) is 215 Å². The Morgan fingerprint density at radius 2 is 0.822 bits per heavy atom. The number of aromatic nitrogens is 6. The number of hydrogen-bond acceptors (Lipinski definition) is 11. The fourth-order valence-electron chi connectivity index (χ4n) is 8.25. The fraction of sp³-hybridized carbons (Fsp3) is 0.291. The van der Waals surface area contributed by atoms with Crippen LogP contribution in [0.25, 0.3) is 17.1 Å². The van der Waals surface area contributed by atoms with E-state index in [4.69, 9.17) is 17.2 Å². The number of carbonyl (C=O) groups is 4. The van der Waals surface area contributed by atoms with Gasteiger partial charge in [0.05, 0.1) is 12.9 Å². The molecule has 0 aliphatic heterocycles. The van der Waals surface area contributed by atoms with Gasteiger partial charge in [0, 0.05) is 149 Å². The minimum Gasteiger partial charge on any atom is -0.404 e. The summed E-state index contributed by atoms with van der Waals surface area (Å²) in [5.74, 6) is 18.1. The number of allylic oxidation sites excluding steroid dienone is 3. The third kappa shape index (κ3) is 36.2. The van der Waals surface area contributed by atoms with E-state index in [1.807, 2.05) is 283 Å². The van der Waals surface area contributed by atoms with Crippen molar-refractivity contribution >= 4 is 23.3 Å². The zero-order valence-electron chi connectivity index (χ0n) is 64.2. The van der Waals surface area contributed by atoms with E-state index in [1.54, 1.807) is 79.3 Å². The summed E-state index contributed by atoms with van der Waals surface area (Å²) < 4.78 is 5.71. The highest BCUT2D eigenvalue weighted by atomic mass is 16.2. The number of nitrogens with two attached hydrogens (primary N) is 3. The number of carbonyl (C=O) groups excluding carboxylic acids is 4. The van der Waals surface area contributed by atoms with E-state index >= 15 is 0 Å². The summed E-state index contributed by atoms with van der Waals surface area (Å²) in [7, 11) is 5.58. The van der Waals surface area contributed by atoms with E-state index in [0.717, 1.165) is 62.8 Å². The number of benzene rings is 6. The summed E-state index contributed by atoms with van der Waals surface area (Å²) in [5, 5.41) is 2.54. The van der Waals surface area contributed by atoms with Crippen LogP contribution in [0.1, 0.15) is 210 Å². The Balaban J connectivity index is -0.000000308. The largest absolute Gasteiger partial charge is 0.404 e. The number of rotatable bonds is 15. The van der Waals surface area contributed by atoms with Crippen molar-refractivity contribution in [3.05, 3.63) is 288 Å². The highest BCUT2D eigenvalue weighted by Crippen LogP contribution is 2.19. The molecule has 9 aromatic rings. The molecule has 0 radical (unpaired) electrons. The molecule has 0 unspecified atom stereocenters. The molecular weight excluding hydrogens is 1250 g/mol. The van der Waals surface area contributed by atoms with Crippen LogP contribution in [0.15, 0.2) is 226 Å². The van der Waals surface area contributed by atoms with Crippen molar-refractivity contribution < 1.29 is 23.5 Å². The third-order valence-corrected chi connectivity index (χ3v) is 12.2. The highest BCUT2D eigenvalue weighted by molar-refractivity contribution is 5.99. The normalized spacial score (nSPS) is 9.21. The van der Waals surface area contributed by atoms with E-state index in [9.17, 15) is 19.2 Å². The second-order valence-electron chi connectivity index (χ2n) is 18.6. The predicted octanol–water partition coefficient (Wildman–Crippen LogP) is 18.8. The molecule has 0 bridgehead atoms. The van der Waals surface area contributed by atoms with E-state index in [0.29, 0.717) is 35.2 Å². The summed E-state index contributed by atoms with van der Waals surface area (Å²) in [4.78, 5) is 64.5.